The minimum Gasteiger partial charge on any atom is -0.481 e. The molecule has 0 radical (unpaired) electrons. The highest BCUT2D eigenvalue weighted by atomic mass is 16.6. The Morgan fingerprint density at radius 2 is 1.79 bits per heavy atom. The zero-order chi connectivity index (χ0) is 15.2. The lowest BCUT2D eigenvalue weighted by atomic mass is 9.94. The fourth-order valence-electron chi connectivity index (χ4n) is 1.47. The van der Waals surface area contributed by atoms with E-state index in [1.807, 2.05) is 6.92 Å². The first-order valence-electron chi connectivity index (χ1n) is 6.30. The number of amides is 1. The minimum absolute atomic E-state index is 0.153. The fraction of sp³-hybridized carbons (Fsp3) is 0.769. The van der Waals surface area contributed by atoms with E-state index in [9.17, 15) is 14.4 Å². The van der Waals surface area contributed by atoms with Crippen LogP contribution in [-0.4, -0.2) is 34.6 Å². The Labute approximate surface area is 113 Å². The van der Waals surface area contributed by atoms with Gasteiger partial charge < -0.3 is 15.2 Å². The van der Waals surface area contributed by atoms with Crippen LogP contribution >= 0.6 is 0 Å². The van der Waals surface area contributed by atoms with Gasteiger partial charge in [0.05, 0.1) is 6.04 Å². The largest absolute Gasteiger partial charge is 0.481 e. The van der Waals surface area contributed by atoms with Gasteiger partial charge in [0.1, 0.15) is 12.0 Å². The normalized spacial score (nSPS) is 14.4. The summed E-state index contributed by atoms with van der Waals surface area (Å²) in [6.45, 7) is 8.78. The van der Waals surface area contributed by atoms with Gasteiger partial charge in [0.25, 0.3) is 0 Å². The van der Waals surface area contributed by atoms with E-state index in [-0.39, 0.29) is 5.92 Å². The maximum absolute atomic E-state index is 11.8. The number of alkyl carbamates (subject to hydrolysis) is 1. The number of hydrogen-bond acceptors (Lipinski definition) is 4. The van der Waals surface area contributed by atoms with Gasteiger partial charge >= 0.3 is 12.1 Å². The first-order valence-corrected chi connectivity index (χ1v) is 6.30. The maximum Gasteiger partial charge on any atom is 0.408 e. The number of nitrogens with one attached hydrogen (secondary N) is 1. The Morgan fingerprint density at radius 3 is 2.16 bits per heavy atom. The van der Waals surface area contributed by atoms with E-state index in [0.29, 0.717) is 6.42 Å². The van der Waals surface area contributed by atoms with Crippen LogP contribution in [0.25, 0.3) is 0 Å². The zero-order valence-corrected chi connectivity index (χ0v) is 12.1. The molecule has 0 rings (SSSR count). The second-order valence-corrected chi connectivity index (χ2v) is 5.55. The molecule has 0 heterocycles. The van der Waals surface area contributed by atoms with Crippen molar-refractivity contribution in [1.82, 2.24) is 5.32 Å². The van der Waals surface area contributed by atoms with E-state index in [2.05, 4.69) is 5.32 Å². The van der Waals surface area contributed by atoms with Crippen LogP contribution in [0, 0.1) is 5.92 Å². The molecular formula is C13H23NO5. The van der Waals surface area contributed by atoms with E-state index in [0.717, 1.165) is 0 Å². The maximum atomic E-state index is 11.8. The minimum atomic E-state index is -1.20. The summed E-state index contributed by atoms with van der Waals surface area (Å²) in [5.41, 5.74) is -0.667. The average Bonchev–Trinajstić information content (AvgIpc) is 2.21. The number of ketones is 1. The molecule has 0 aromatic heterocycles. The van der Waals surface area contributed by atoms with Crippen molar-refractivity contribution in [3.63, 3.8) is 0 Å². The molecule has 0 aliphatic rings. The Bertz CT molecular complexity index is 345. The van der Waals surface area contributed by atoms with E-state index >= 15 is 0 Å². The Hall–Kier alpha value is -1.59. The van der Waals surface area contributed by atoms with E-state index in [4.69, 9.17) is 9.84 Å². The van der Waals surface area contributed by atoms with Crippen LogP contribution in [0.1, 0.15) is 47.5 Å². The lowest BCUT2D eigenvalue weighted by Crippen LogP contribution is -2.47. The van der Waals surface area contributed by atoms with Crippen LogP contribution in [0.15, 0.2) is 0 Å². The van der Waals surface area contributed by atoms with Gasteiger partial charge in [-0.15, -0.1) is 0 Å². The van der Waals surface area contributed by atoms with Gasteiger partial charge in [0.15, 0.2) is 5.78 Å². The van der Waals surface area contributed by atoms with E-state index in [1.54, 1.807) is 27.7 Å². The van der Waals surface area contributed by atoms with Crippen molar-refractivity contribution >= 4 is 17.8 Å². The second-order valence-electron chi connectivity index (χ2n) is 5.55. The number of aliphatic carboxylic acids is 1. The number of carboxylic acid groups (broad SMARTS) is 1. The van der Waals surface area contributed by atoms with Crippen LogP contribution in [0.3, 0.4) is 0 Å². The third-order valence-electron chi connectivity index (χ3n) is 2.56. The monoisotopic (exact) mass is 273 g/mol. The first kappa shape index (κ1) is 17.4. The molecule has 6 heteroatoms. The molecule has 0 aromatic rings. The standard InChI is InChI=1S/C13H23NO5/c1-6-8(2)11(9(15)7-10(16)17)14-12(18)19-13(3,4)5/h8,11H,6-7H2,1-5H3,(H,14,18)(H,16,17)/t8-,11+/m0/s1. The van der Waals surface area contributed by atoms with Crippen molar-refractivity contribution in [2.75, 3.05) is 0 Å². The smallest absolute Gasteiger partial charge is 0.408 e. The molecule has 19 heavy (non-hydrogen) atoms. The lowest BCUT2D eigenvalue weighted by Gasteiger charge is -2.25. The third kappa shape index (κ3) is 7.43. The number of rotatable bonds is 6. The van der Waals surface area contributed by atoms with E-state index < -0.39 is 35.9 Å². The molecule has 2 N–H and O–H groups in total. The van der Waals surface area contributed by atoms with E-state index in [1.165, 1.54) is 0 Å². The molecule has 2 atom stereocenters. The van der Waals surface area contributed by atoms with Crippen molar-refractivity contribution in [2.24, 2.45) is 5.92 Å². The van der Waals surface area contributed by atoms with Gasteiger partial charge in [-0.05, 0) is 26.7 Å². The summed E-state index contributed by atoms with van der Waals surface area (Å²) in [6.07, 6.45) is -0.673. The van der Waals surface area contributed by atoms with Gasteiger partial charge in [-0.1, -0.05) is 20.3 Å². The number of Topliss-reactive ketones (excluding diaryl/α,β-unsaturated/α-hetero) is 1. The van der Waals surface area contributed by atoms with Gasteiger partial charge in [-0.2, -0.15) is 0 Å². The summed E-state index contributed by atoms with van der Waals surface area (Å²) in [7, 11) is 0. The summed E-state index contributed by atoms with van der Waals surface area (Å²) >= 11 is 0. The Morgan fingerprint density at radius 1 is 1.26 bits per heavy atom. The molecule has 0 saturated carbocycles. The van der Waals surface area contributed by atoms with Gasteiger partial charge in [0.2, 0.25) is 0 Å². The Kier molecular flexibility index (Phi) is 6.52. The summed E-state index contributed by atoms with van der Waals surface area (Å²) in [6, 6.07) is -0.837. The van der Waals surface area contributed by atoms with Crippen molar-refractivity contribution in [2.45, 2.75) is 59.1 Å². The number of ether oxygens (including phenoxy) is 1. The van der Waals surface area contributed by atoms with Gasteiger partial charge in [-0.25, -0.2) is 4.79 Å². The molecule has 110 valence electrons. The molecular weight excluding hydrogens is 250 g/mol. The lowest BCUT2D eigenvalue weighted by molar-refractivity contribution is -0.141. The summed E-state index contributed by atoms with van der Waals surface area (Å²) in [4.78, 5) is 34.0. The summed E-state index contributed by atoms with van der Waals surface area (Å²) in [5, 5.41) is 11.1. The van der Waals surface area contributed by atoms with Crippen molar-refractivity contribution in [3.8, 4) is 0 Å². The highest BCUT2D eigenvalue weighted by Gasteiger charge is 2.29. The molecule has 0 aliphatic heterocycles. The Balaban J connectivity index is 4.74. The number of carbonyl (C=O) groups excluding carboxylic acids is 2. The van der Waals surface area contributed by atoms with Crippen molar-refractivity contribution < 1.29 is 24.2 Å². The molecule has 0 aliphatic carbocycles. The SMILES string of the molecule is CC[C@H](C)[C@@H](NC(=O)OC(C)(C)C)C(=O)CC(=O)O. The molecule has 0 saturated heterocycles. The molecule has 0 aromatic carbocycles. The van der Waals surface area contributed by atoms with Crippen molar-refractivity contribution in [3.05, 3.63) is 0 Å². The molecule has 1 amide bonds. The third-order valence-corrected chi connectivity index (χ3v) is 2.56. The van der Waals surface area contributed by atoms with Gasteiger partial charge in [-0.3, -0.25) is 9.59 Å². The van der Waals surface area contributed by atoms with Gasteiger partial charge in [0, 0.05) is 0 Å². The van der Waals surface area contributed by atoms with Crippen LogP contribution in [0.2, 0.25) is 0 Å². The topological polar surface area (TPSA) is 92.7 Å². The van der Waals surface area contributed by atoms with Crippen molar-refractivity contribution in [1.29, 1.82) is 0 Å². The predicted molar refractivity (Wildman–Crippen MR) is 69.9 cm³/mol. The fourth-order valence-corrected chi connectivity index (χ4v) is 1.47. The quantitative estimate of drug-likeness (QED) is 0.722. The highest BCUT2D eigenvalue weighted by molar-refractivity contribution is 5.99. The highest BCUT2D eigenvalue weighted by Crippen LogP contribution is 2.13. The summed E-state index contributed by atoms with van der Waals surface area (Å²) < 4.78 is 5.07. The average molecular weight is 273 g/mol. The molecule has 6 nitrogen and oxygen atoms in total. The molecule has 0 unspecified atom stereocenters. The van der Waals surface area contributed by atoms with Crippen LogP contribution < -0.4 is 5.32 Å². The number of hydrogen-bond donors (Lipinski definition) is 2. The number of carbonyl (C=O) groups is 3. The molecule has 0 fully saturated rings. The summed E-state index contributed by atoms with van der Waals surface area (Å²) in [5.74, 6) is -1.88. The zero-order valence-electron chi connectivity index (χ0n) is 12.1. The molecule has 0 spiro atoms. The van der Waals surface area contributed by atoms with Crippen LogP contribution in [-0.2, 0) is 14.3 Å². The van der Waals surface area contributed by atoms with Crippen LogP contribution in [0.5, 0.6) is 0 Å². The van der Waals surface area contributed by atoms with Crippen LogP contribution in [0.4, 0.5) is 4.79 Å². The number of carboxylic acids is 1. The predicted octanol–water partition coefficient (Wildman–Crippen LogP) is 1.97. The second kappa shape index (κ2) is 7.11. The molecule has 0 bridgehead atoms. The first-order chi connectivity index (χ1) is 8.56.